The molecule has 0 aromatic carbocycles. The van der Waals surface area contributed by atoms with E-state index < -0.39 is 0 Å². The zero-order valence-electron chi connectivity index (χ0n) is 12.8. The first kappa shape index (κ1) is 16.1. The van der Waals surface area contributed by atoms with Gasteiger partial charge < -0.3 is 10.5 Å². The fourth-order valence-corrected chi connectivity index (χ4v) is 2.14. The smallest absolute Gasteiger partial charge is 0.0638 e. The Morgan fingerprint density at radius 1 is 1.42 bits per heavy atom. The number of likely N-dealkylation sites (N-methyl/N-ethyl adjacent to an activating group) is 1. The number of aryl methyl sites for hydroxylation is 1. The standard InChI is InChI=1S/C15H27N3O/c1-12-7-6-8-13(17-12)11-18(4)14(10-16)9-15(2,3)19-5/h6-8,14H,9-11,16H2,1-5H3. The summed E-state index contributed by atoms with van der Waals surface area (Å²) < 4.78 is 5.49. The fraction of sp³-hybridized carbons (Fsp3) is 0.667. The van der Waals surface area contributed by atoms with Crippen LogP contribution in [0, 0.1) is 6.92 Å². The number of nitrogens with zero attached hydrogens (tertiary/aromatic N) is 2. The zero-order chi connectivity index (χ0) is 14.5. The van der Waals surface area contributed by atoms with E-state index in [4.69, 9.17) is 10.5 Å². The van der Waals surface area contributed by atoms with Crippen molar-refractivity contribution in [2.45, 2.75) is 45.4 Å². The van der Waals surface area contributed by atoms with Crippen LogP contribution in [-0.2, 0) is 11.3 Å². The monoisotopic (exact) mass is 265 g/mol. The largest absolute Gasteiger partial charge is 0.379 e. The third-order valence-electron chi connectivity index (χ3n) is 3.53. The molecule has 1 atom stereocenters. The highest BCUT2D eigenvalue weighted by molar-refractivity contribution is 5.09. The van der Waals surface area contributed by atoms with Crippen molar-refractivity contribution in [2.24, 2.45) is 5.73 Å². The molecule has 0 amide bonds. The van der Waals surface area contributed by atoms with Gasteiger partial charge >= 0.3 is 0 Å². The average Bonchev–Trinajstić information content (AvgIpc) is 2.36. The molecule has 108 valence electrons. The van der Waals surface area contributed by atoms with E-state index >= 15 is 0 Å². The van der Waals surface area contributed by atoms with Gasteiger partial charge in [0.05, 0.1) is 11.3 Å². The molecule has 0 aliphatic rings. The van der Waals surface area contributed by atoms with Gasteiger partial charge in [-0.25, -0.2) is 0 Å². The number of methoxy groups -OCH3 is 1. The molecule has 1 rings (SSSR count). The summed E-state index contributed by atoms with van der Waals surface area (Å²) in [5, 5.41) is 0. The van der Waals surface area contributed by atoms with E-state index in [0.717, 1.165) is 24.4 Å². The highest BCUT2D eigenvalue weighted by Gasteiger charge is 2.24. The van der Waals surface area contributed by atoms with E-state index in [1.165, 1.54) is 0 Å². The van der Waals surface area contributed by atoms with Crippen molar-refractivity contribution in [3.63, 3.8) is 0 Å². The third-order valence-corrected chi connectivity index (χ3v) is 3.53. The van der Waals surface area contributed by atoms with Crippen LogP contribution in [0.4, 0.5) is 0 Å². The summed E-state index contributed by atoms with van der Waals surface area (Å²) in [6.07, 6.45) is 0.905. The number of aromatic nitrogens is 1. The molecule has 1 aromatic heterocycles. The second-order valence-corrected chi connectivity index (χ2v) is 5.74. The lowest BCUT2D eigenvalue weighted by Crippen LogP contribution is -2.43. The minimum atomic E-state index is -0.154. The van der Waals surface area contributed by atoms with Crippen LogP contribution in [0.1, 0.15) is 31.7 Å². The lowest BCUT2D eigenvalue weighted by Gasteiger charge is -2.33. The maximum atomic E-state index is 5.90. The topological polar surface area (TPSA) is 51.4 Å². The normalized spacial score (nSPS) is 13.8. The Morgan fingerprint density at radius 2 is 2.11 bits per heavy atom. The Labute approximate surface area is 117 Å². The van der Waals surface area contributed by atoms with Crippen molar-refractivity contribution >= 4 is 0 Å². The van der Waals surface area contributed by atoms with E-state index in [1.54, 1.807) is 7.11 Å². The van der Waals surface area contributed by atoms with Gasteiger partial charge in [-0.1, -0.05) is 6.07 Å². The van der Waals surface area contributed by atoms with Crippen molar-refractivity contribution in [3.05, 3.63) is 29.6 Å². The summed E-state index contributed by atoms with van der Waals surface area (Å²) in [6, 6.07) is 6.40. The van der Waals surface area contributed by atoms with Gasteiger partial charge in [-0.15, -0.1) is 0 Å². The van der Waals surface area contributed by atoms with Gasteiger partial charge in [-0.2, -0.15) is 0 Å². The van der Waals surface area contributed by atoms with Crippen LogP contribution >= 0.6 is 0 Å². The lowest BCUT2D eigenvalue weighted by atomic mass is 9.98. The number of hydrogen-bond acceptors (Lipinski definition) is 4. The van der Waals surface area contributed by atoms with Gasteiger partial charge in [0.2, 0.25) is 0 Å². The maximum absolute atomic E-state index is 5.90. The Morgan fingerprint density at radius 3 is 2.63 bits per heavy atom. The van der Waals surface area contributed by atoms with Gasteiger partial charge in [0, 0.05) is 31.9 Å². The van der Waals surface area contributed by atoms with Crippen LogP contribution in [0.25, 0.3) is 0 Å². The molecule has 19 heavy (non-hydrogen) atoms. The predicted octanol–water partition coefficient (Wildman–Crippen LogP) is 1.96. The molecule has 0 radical (unpaired) electrons. The summed E-state index contributed by atoms with van der Waals surface area (Å²) in [7, 11) is 3.84. The molecule has 4 heteroatoms. The first-order valence-corrected chi connectivity index (χ1v) is 6.76. The number of nitrogens with two attached hydrogens (primary N) is 1. The summed E-state index contributed by atoms with van der Waals surface area (Å²) in [5.41, 5.74) is 7.88. The van der Waals surface area contributed by atoms with Gasteiger partial charge in [-0.05, 0) is 46.4 Å². The van der Waals surface area contributed by atoms with Crippen molar-refractivity contribution in [1.29, 1.82) is 0 Å². The molecular weight excluding hydrogens is 238 g/mol. The Bertz CT molecular complexity index is 393. The van der Waals surface area contributed by atoms with Crippen LogP contribution < -0.4 is 5.73 Å². The molecule has 0 aliphatic heterocycles. The fourth-order valence-electron chi connectivity index (χ4n) is 2.14. The number of hydrogen-bond donors (Lipinski definition) is 1. The summed E-state index contributed by atoms with van der Waals surface area (Å²) in [6.45, 7) is 7.62. The van der Waals surface area contributed by atoms with Crippen molar-refractivity contribution in [2.75, 3.05) is 20.7 Å². The Balaban J connectivity index is 2.66. The van der Waals surface area contributed by atoms with Gasteiger partial charge in [0.15, 0.2) is 0 Å². The van der Waals surface area contributed by atoms with E-state index in [0.29, 0.717) is 6.54 Å². The van der Waals surface area contributed by atoms with E-state index in [1.807, 2.05) is 19.1 Å². The minimum Gasteiger partial charge on any atom is -0.379 e. The lowest BCUT2D eigenvalue weighted by molar-refractivity contribution is -0.00551. The molecule has 0 bridgehead atoms. The summed E-state index contributed by atoms with van der Waals surface area (Å²) >= 11 is 0. The van der Waals surface area contributed by atoms with Gasteiger partial charge in [0.25, 0.3) is 0 Å². The van der Waals surface area contributed by atoms with E-state index in [-0.39, 0.29) is 11.6 Å². The molecule has 0 aliphatic carbocycles. The van der Waals surface area contributed by atoms with Crippen molar-refractivity contribution < 1.29 is 4.74 Å². The number of ether oxygens (including phenoxy) is 1. The maximum Gasteiger partial charge on any atom is 0.0638 e. The predicted molar refractivity (Wildman–Crippen MR) is 79.0 cm³/mol. The quantitative estimate of drug-likeness (QED) is 0.819. The van der Waals surface area contributed by atoms with Crippen LogP contribution in [0.2, 0.25) is 0 Å². The van der Waals surface area contributed by atoms with E-state index in [2.05, 4.69) is 36.8 Å². The van der Waals surface area contributed by atoms with Crippen LogP contribution in [0.15, 0.2) is 18.2 Å². The highest BCUT2D eigenvalue weighted by Crippen LogP contribution is 2.19. The molecule has 0 fully saturated rings. The van der Waals surface area contributed by atoms with E-state index in [9.17, 15) is 0 Å². The molecular formula is C15H27N3O. The Hall–Kier alpha value is -0.970. The molecule has 4 nitrogen and oxygen atoms in total. The highest BCUT2D eigenvalue weighted by atomic mass is 16.5. The minimum absolute atomic E-state index is 0.154. The van der Waals surface area contributed by atoms with Crippen LogP contribution in [0.3, 0.4) is 0 Å². The molecule has 1 heterocycles. The first-order chi connectivity index (χ1) is 8.88. The molecule has 0 saturated heterocycles. The zero-order valence-corrected chi connectivity index (χ0v) is 12.8. The molecule has 0 saturated carbocycles. The molecule has 0 spiro atoms. The second-order valence-electron chi connectivity index (χ2n) is 5.74. The average molecular weight is 265 g/mol. The number of pyridine rings is 1. The van der Waals surface area contributed by atoms with Gasteiger partial charge in [-0.3, -0.25) is 9.88 Å². The molecule has 2 N–H and O–H groups in total. The van der Waals surface area contributed by atoms with Gasteiger partial charge in [0.1, 0.15) is 0 Å². The number of rotatable bonds is 7. The van der Waals surface area contributed by atoms with Crippen molar-refractivity contribution in [1.82, 2.24) is 9.88 Å². The first-order valence-electron chi connectivity index (χ1n) is 6.76. The molecule has 1 unspecified atom stereocenters. The van der Waals surface area contributed by atoms with Crippen LogP contribution in [0.5, 0.6) is 0 Å². The van der Waals surface area contributed by atoms with Crippen molar-refractivity contribution in [3.8, 4) is 0 Å². The molecule has 1 aromatic rings. The third kappa shape index (κ3) is 5.27. The summed E-state index contributed by atoms with van der Waals surface area (Å²) in [4.78, 5) is 6.79. The SMILES string of the molecule is COC(C)(C)CC(CN)N(C)Cc1cccc(C)n1. The summed E-state index contributed by atoms with van der Waals surface area (Å²) in [5.74, 6) is 0. The second kappa shape index (κ2) is 6.98. The van der Waals surface area contributed by atoms with Crippen LogP contribution in [-0.4, -0.2) is 42.2 Å². The Kier molecular flexibility index (Phi) is 5.91.